The summed E-state index contributed by atoms with van der Waals surface area (Å²) < 4.78 is 36.5. The molecule has 0 aliphatic heterocycles. The summed E-state index contributed by atoms with van der Waals surface area (Å²) in [6.45, 7) is 0. The lowest BCUT2D eigenvalue weighted by Gasteiger charge is -2.14. The SMILES string of the molecule is O=C=NC1=CC=C(C(F)(F)F)CC1=S. The molecule has 0 amide bonds. The first kappa shape index (κ1) is 10.8. The molecule has 0 heterocycles. The molecule has 6 heteroatoms. The van der Waals surface area contributed by atoms with Gasteiger partial charge in [0.15, 0.2) is 0 Å². The zero-order valence-electron chi connectivity index (χ0n) is 6.76. The highest BCUT2D eigenvalue weighted by molar-refractivity contribution is 7.80. The molecular weight excluding hydrogens is 215 g/mol. The van der Waals surface area contributed by atoms with Crippen LogP contribution in [0.15, 0.2) is 28.4 Å². The quantitative estimate of drug-likeness (QED) is 0.385. The molecular formula is C8H4F3NOS. The minimum atomic E-state index is -4.38. The first-order chi connectivity index (χ1) is 6.45. The van der Waals surface area contributed by atoms with E-state index < -0.39 is 18.2 Å². The number of alkyl halides is 3. The Balaban J connectivity index is 3.01. The van der Waals surface area contributed by atoms with E-state index in [2.05, 4.69) is 17.2 Å². The van der Waals surface area contributed by atoms with Gasteiger partial charge in [-0.05, 0) is 6.08 Å². The van der Waals surface area contributed by atoms with Crippen LogP contribution < -0.4 is 0 Å². The molecule has 0 unspecified atom stereocenters. The number of hydrogen-bond acceptors (Lipinski definition) is 3. The van der Waals surface area contributed by atoms with E-state index in [1.165, 1.54) is 6.08 Å². The number of halogens is 3. The van der Waals surface area contributed by atoms with Crippen molar-refractivity contribution >= 4 is 23.2 Å². The molecule has 0 radical (unpaired) electrons. The molecule has 0 aromatic carbocycles. The summed E-state index contributed by atoms with van der Waals surface area (Å²) in [6.07, 6.45) is -1.62. The monoisotopic (exact) mass is 219 g/mol. The lowest BCUT2D eigenvalue weighted by atomic mass is 10.0. The van der Waals surface area contributed by atoms with Gasteiger partial charge in [-0.1, -0.05) is 18.3 Å². The van der Waals surface area contributed by atoms with Crippen LogP contribution in [0, 0.1) is 0 Å². The van der Waals surface area contributed by atoms with E-state index in [1.807, 2.05) is 0 Å². The lowest BCUT2D eigenvalue weighted by Crippen LogP contribution is -2.17. The van der Waals surface area contributed by atoms with E-state index in [1.54, 1.807) is 0 Å². The lowest BCUT2D eigenvalue weighted by molar-refractivity contribution is -0.0925. The van der Waals surface area contributed by atoms with Gasteiger partial charge in [-0.3, -0.25) is 0 Å². The third-order valence-electron chi connectivity index (χ3n) is 1.61. The van der Waals surface area contributed by atoms with Crippen LogP contribution in [-0.4, -0.2) is 17.1 Å². The number of carbonyl (C=O) groups excluding carboxylic acids is 1. The smallest absolute Gasteiger partial charge is 0.211 e. The van der Waals surface area contributed by atoms with Crippen LogP contribution in [0.5, 0.6) is 0 Å². The van der Waals surface area contributed by atoms with Gasteiger partial charge in [-0.15, -0.1) is 0 Å². The van der Waals surface area contributed by atoms with Gasteiger partial charge < -0.3 is 0 Å². The minimum absolute atomic E-state index is 0.00294. The Hall–Kier alpha value is -1.26. The molecule has 0 fully saturated rings. The molecule has 1 aliphatic carbocycles. The first-order valence-corrected chi connectivity index (χ1v) is 3.95. The Morgan fingerprint density at radius 2 is 2.07 bits per heavy atom. The van der Waals surface area contributed by atoms with Crippen molar-refractivity contribution in [3.63, 3.8) is 0 Å². The highest BCUT2D eigenvalue weighted by Crippen LogP contribution is 2.32. The standard InChI is InChI=1S/C8H4F3NOS/c9-8(10,11)5-1-2-6(12-4-13)7(14)3-5/h1-2H,3H2. The van der Waals surface area contributed by atoms with Crippen molar-refractivity contribution in [3.8, 4) is 0 Å². The van der Waals surface area contributed by atoms with E-state index in [9.17, 15) is 18.0 Å². The van der Waals surface area contributed by atoms with E-state index in [0.29, 0.717) is 0 Å². The number of thiocarbonyl (C=S) groups is 1. The molecule has 14 heavy (non-hydrogen) atoms. The number of aliphatic imine (C=N–C) groups is 1. The van der Waals surface area contributed by atoms with Crippen LogP contribution in [0.2, 0.25) is 0 Å². The van der Waals surface area contributed by atoms with Crippen LogP contribution >= 0.6 is 12.2 Å². The summed E-state index contributed by atoms with van der Waals surface area (Å²) in [5.41, 5.74) is -0.657. The second kappa shape index (κ2) is 3.86. The van der Waals surface area contributed by atoms with Crippen LogP contribution in [0.1, 0.15) is 6.42 Å². The molecule has 1 aliphatic rings. The fraction of sp³-hybridized carbons (Fsp3) is 0.250. The number of rotatable bonds is 1. The van der Waals surface area contributed by atoms with Gasteiger partial charge >= 0.3 is 6.18 Å². The number of hydrogen-bond donors (Lipinski definition) is 0. The maximum Gasteiger partial charge on any atom is 0.413 e. The molecule has 0 aromatic heterocycles. The summed E-state index contributed by atoms with van der Waals surface area (Å²) in [6, 6.07) is 0. The maximum atomic E-state index is 12.2. The van der Waals surface area contributed by atoms with E-state index in [4.69, 9.17) is 0 Å². The van der Waals surface area contributed by atoms with E-state index in [-0.39, 0.29) is 10.6 Å². The Bertz CT molecular complexity index is 375. The van der Waals surface area contributed by atoms with Crippen molar-refractivity contribution in [2.24, 2.45) is 4.99 Å². The van der Waals surface area contributed by atoms with Crippen LogP contribution in [-0.2, 0) is 4.79 Å². The molecule has 0 N–H and O–H groups in total. The van der Waals surface area contributed by atoms with E-state index in [0.717, 1.165) is 12.2 Å². The molecule has 0 saturated carbocycles. The van der Waals surface area contributed by atoms with Crippen LogP contribution in [0.25, 0.3) is 0 Å². The summed E-state index contributed by atoms with van der Waals surface area (Å²) >= 11 is 4.66. The second-order valence-electron chi connectivity index (χ2n) is 2.54. The highest BCUT2D eigenvalue weighted by Gasteiger charge is 2.35. The molecule has 0 saturated heterocycles. The van der Waals surface area contributed by atoms with Crippen molar-refractivity contribution < 1.29 is 18.0 Å². The van der Waals surface area contributed by atoms with Crippen LogP contribution in [0.3, 0.4) is 0 Å². The topological polar surface area (TPSA) is 29.4 Å². The number of allylic oxidation sites excluding steroid dienone is 4. The van der Waals surface area contributed by atoms with Crippen molar-refractivity contribution in [1.82, 2.24) is 0 Å². The van der Waals surface area contributed by atoms with Crippen molar-refractivity contribution in [1.29, 1.82) is 0 Å². The average molecular weight is 219 g/mol. The van der Waals surface area contributed by atoms with Crippen molar-refractivity contribution in [2.45, 2.75) is 12.6 Å². The summed E-state index contributed by atoms with van der Waals surface area (Å²) in [4.78, 5) is 13.0. The Kier molecular flexibility index (Phi) is 2.98. The molecule has 0 bridgehead atoms. The molecule has 0 spiro atoms. The maximum absolute atomic E-state index is 12.2. The van der Waals surface area contributed by atoms with Gasteiger partial charge in [-0.25, -0.2) is 4.79 Å². The summed E-state index contributed by atoms with van der Waals surface area (Å²) in [5.74, 6) is 0. The summed E-state index contributed by atoms with van der Waals surface area (Å²) in [7, 11) is 0. The van der Waals surface area contributed by atoms with Crippen molar-refractivity contribution in [2.75, 3.05) is 0 Å². The third kappa shape index (κ3) is 2.37. The Morgan fingerprint density at radius 1 is 1.43 bits per heavy atom. The van der Waals surface area contributed by atoms with Gasteiger partial charge in [0.2, 0.25) is 6.08 Å². The van der Waals surface area contributed by atoms with Crippen LogP contribution in [0.4, 0.5) is 13.2 Å². The fourth-order valence-corrected chi connectivity index (χ4v) is 1.21. The fourth-order valence-electron chi connectivity index (χ4n) is 0.938. The Labute approximate surface area is 82.8 Å². The number of isocyanates is 1. The highest BCUT2D eigenvalue weighted by atomic mass is 32.1. The van der Waals surface area contributed by atoms with Gasteiger partial charge in [-0.2, -0.15) is 18.2 Å². The third-order valence-corrected chi connectivity index (χ3v) is 1.96. The molecule has 0 aromatic rings. The zero-order valence-corrected chi connectivity index (χ0v) is 7.58. The predicted octanol–water partition coefficient (Wildman–Crippen LogP) is 2.47. The molecule has 2 nitrogen and oxygen atoms in total. The largest absolute Gasteiger partial charge is 0.413 e. The van der Waals surface area contributed by atoms with Gasteiger partial charge in [0, 0.05) is 16.9 Å². The second-order valence-corrected chi connectivity index (χ2v) is 3.04. The van der Waals surface area contributed by atoms with Gasteiger partial charge in [0.25, 0.3) is 0 Å². The van der Waals surface area contributed by atoms with E-state index >= 15 is 0 Å². The van der Waals surface area contributed by atoms with Gasteiger partial charge in [0.1, 0.15) is 0 Å². The molecule has 74 valence electrons. The zero-order chi connectivity index (χ0) is 10.8. The molecule has 1 rings (SSSR count). The normalized spacial score (nSPS) is 16.9. The number of nitrogens with zero attached hydrogens (tertiary/aromatic N) is 1. The predicted molar refractivity (Wildman–Crippen MR) is 47.6 cm³/mol. The van der Waals surface area contributed by atoms with Crippen molar-refractivity contribution in [3.05, 3.63) is 23.4 Å². The van der Waals surface area contributed by atoms with Gasteiger partial charge in [0.05, 0.1) is 5.70 Å². The summed E-state index contributed by atoms with van der Waals surface area (Å²) in [5, 5.41) is 0. The Morgan fingerprint density at radius 3 is 2.50 bits per heavy atom. The minimum Gasteiger partial charge on any atom is -0.211 e. The molecule has 0 atom stereocenters. The first-order valence-electron chi connectivity index (χ1n) is 3.54. The average Bonchev–Trinajstić information content (AvgIpc) is 2.07.